The number of hydrogen-bond acceptors (Lipinski definition) is 3. The minimum absolute atomic E-state index is 0.0802. The van der Waals surface area contributed by atoms with Gasteiger partial charge in [0.25, 0.3) is 0 Å². The molecule has 0 aromatic rings. The number of carbonyl (C=O) groups is 1. The van der Waals surface area contributed by atoms with E-state index in [9.17, 15) is 9.90 Å². The van der Waals surface area contributed by atoms with E-state index < -0.39 is 6.04 Å². The molecule has 1 aliphatic carbocycles. The van der Waals surface area contributed by atoms with Crippen LogP contribution in [0.25, 0.3) is 0 Å². The maximum absolute atomic E-state index is 11.5. The Morgan fingerprint density at radius 3 is 2.60 bits per heavy atom. The van der Waals surface area contributed by atoms with Crippen molar-refractivity contribution in [3.05, 3.63) is 0 Å². The smallest absolute Gasteiger partial charge is 0.236 e. The fourth-order valence-electron chi connectivity index (χ4n) is 2.11. The van der Waals surface area contributed by atoms with E-state index in [1.165, 1.54) is 0 Å². The van der Waals surface area contributed by atoms with Crippen LogP contribution in [-0.2, 0) is 4.79 Å². The molecule has 0 unspecified atom stereocenters. The zero-order valence-electron chi connectivity index (χ0n) is 9.46. The molecule has 15 heavy (non-hydrogen) atoms. The molecule has 0 aliphatic heterocycles. The van der Waals surface area contributed by atoms with E-state index in [2.05, 4.69) is 5.32 Å². The predicted octanol–water partition coefficient (Wildman–Crippen LogP) is 0.393. The SMILES string of the molecule is CC[C@@H](N)C(=O)NCC1(CO)CCCC1. The fourth-order valence-corrected chi connectivity index (χ4v) is 2.11. The Morgan fingerprint density at radius 2 is 2.13 bits per heavy atom. The van der Waals surface area contributed by atoms with Crippen LogP contribution in [0.5, 0.6) is 0 Å². The molecule has 4 heteroatoms. The van der Waals surface area contributed by atoms with Gasteiger partial charge in [-0.05, 0) is 19.3 Å². The number of hydrogen-bond donors (Lipinski definition) is 3. The van der Waals surface area contributed by atoms with Crippen LogP contribution in [0.2, 0.25) is 0 Å². The quantitative estimate of drug-likeness (QED) is 0.620. The maximum Gasteiger partial charge on any atom is 0.236 e. The van der Waals surface area contributed by atoms with Gasteiger partial charge < -0.3 is 16.2 Å². The third kappa shape index (κ3) is 3.18. The zero-order valence-corrected chi connectivity index (χ0v) is 9.46. The third-order valence-electron chi connectivity index (χ3n) is 3.41. The number of aliphatic hydroxyl groups excluding tert-OH is 1. The van der Waals surface area contributed by atoms with Crippen molar-refractivity contribution in [3.63, 3.8) is 0 Å². The highest BCUT2D eigenvalue weighted by Gasteiger charge is 2.33. The summed E-state index contributed by atoms with van der Waals surface area (Å²) in [6, 6.07) is -0.415. The largest absolute Gasteiger partial charge is 0.396 e. The summed E-state index contributed by atoms with van der Waals surface area (Å²) < 4.78 is 0. The van der Waals surface area contributed by atoms with Gasteiger partial charge in [-0.15, -0.1) is 0 Å². The zero-order chi connectivity index (χ0) is 11.3. The number of nitrogens with one attached hydrogen (secondary N) is 1. The summed E-state index contributed by atoms with van der Waals surface area (Å²) in [5.74, 6) is -0.0998. The van der Waals surface area contributed by atoms with Gasteiger partial charge >= 0.3 is 0 Å². The van der Waals surface area contributed by atoms with Crippen LogP contribution in [0, 0.1) is 5.41 Å². The van der Waals surface area contributed by atoms with Crippen LogP contribution in [0.4, 0.5) is 0 Å². The second-order valence-corrected chi connectivity index (χ2v) is 4.60. The van der Waals surface area contributed by atoms with Crippen molar-refractivity contribution in [2.45, 2.75) is 45.1 Å². The van der Waals surface area contributed by atoms with Crippen molar-refractivity contribution in [3.8, 4) is 0 Å². The van der Waals surface area contributed by atoms with Gasteiger partial charge in [0, 0.05) is 12.0 Å². The molecule has 1 saturated carbocycles. The molecule has 0 spiro atoms. The van der Waals surface area contributed by atoms with Crippen molar-refractivity contribution in [1.82, 2.24) is 5.32 Å². The minimum Gasteiger partial charge on any atom is -0.396 e. The minimum atomic E-state index is -0.415. The lowest BCUT2D eigenvalue weighted by atomic mass is 9.87. The molecule has 1 aliphatic rings. The van der Waals surface area contributed by atoms with Gasteiger partial charge in [-0.1, -0.05) is 19.8 Å². The Labute approximate surface area is 91.2 Å². The highest BCUT2D eigenvalue weighted by Crippen LogP contribution is 2.36. The first-order chi connectivity index (χ1) is 7.13. The summed E-state index contributed by atoms with van der Waals surface area (Å²) >= 11 is 0. The first kappa shape index (κ1) is 12.5. The van der Waals surface area contributed by atoms with E-state index in [1.54, 1.807) is 0 Å². The third-order valence-corrected chi connectivity index (χ3v) is 3.41. The van der Waals surface area contributed by atoms with Crippen LogP contribution >= 0.6 is 0 Å². The summed E-state index contributed by atoms with van der Waals surface area (Å²) in [4.78, 5) is 11.5. The van der Waals surface area contributed by atoms with Crippen molar-refractivity contribution >= 4 is 5.91 Å². The molecular weight excluding hydrogens is 192 g/mol. The lowest BCUT2D eigenvalue weighted by Gasteiger charge is -2.27. The molecule has 88 valence electrons. The Hall–Kier alpha value is -0.610. The number of carbonyl (C=O) groups excluding carboxylic acids is 1. The van der Waals surface area contributed by atoms with E-state index in [4.69, 9.17) is 5.73 Å². The number of nitrogens with two attached hydrogens (primary N) is 1. The normalized spacial score (nSPS) is 21.3. The monoisotopic (exact) mass is 214 g/mol. The highest BCUT2D eigenvalue weighted by atomic mass is 16.3. The second kappa shape index (κ2) is 5.47. The van der Waals surface area contributed by atoms with Gasteiger partial charge in [0.05, 0.1) is 12.6 Å². The maximum atomic E-state index is 11.5. The summed E-state index contributed by atoms with van der Waals surface area (Å²) in [6.07, 6.45) is 4.96. The van der Waals surface area contributed by atoms with E-state index in [-0.39, 0.29) is 17.9 Å². The van der Waals surface area contributed by atoms with E-state index in [0.29, 0.717) is 13.0 Å². The van der Waals surface area contributed by atoms with Crippen LogP contribution in [0.1, 0.15) is 39.0 Å². The molecule has 0 heterocycles. The average molecular weight is 214 g/mol. The summed E-state index contributed by atoms with van der Waals surface area (Å²) in [7, 11) is 0. The Kier molecular flexibility index (Phi) is 4.54. The Bertz CT molecular complexity index is 213. The van der Waals surface area contributed by atoms with Crippen LogP contribution in [0.15, 0.2) is 0 Å². The van der Waals surface area contributed by atoms with Gasteiger partial charge in [-0.2, -0.15) is 0 Å². The van der Waals surface area contributed by atoms with E-state index >= 15 is 0 Å². The van der Waals surface area contributed by atoms with Gasteiger partial charge in [0.1, 0.15) is 0 Å². The fraction of sp³-hybridized carbons (Fsp3) is 0.909. The Morgan fingerprint density at radius 1 is 1.53 bits per heavy atom. The van der Waals surface area contributed by atoms with E-state index in [1.807, 2.05) is 6.92 Å². The molecule has 0 radical (unpaired) electrons. The van der Waals surface area contributed by atoms with Gasteiger partial charge in [0.2, 0.25) is 5.91 Å². The molecule has 0 aromatic carbocycles. The van der Waals surface area contributed by atoms with Crippen LogP contribution in [-0.4, -0.2) is 30.2 Å². The van der Waals surface area contributed by atoms with Crippen molar-refractivity contribution < 1.29 is 9.90 Å². The van der Waals surface area contributed by atoms with Crippen LogP contribution < -0.4 is 11.1 Å². The van der Waals surface area contributed by atoms with E-state index in [0.717, 1.165) is 25.7 Å². The van der Waals surface area contributed by atoms with Crippen molar-refractivity contribution in [2.75, 3.05) is 13.2 Å². The van der Waals surface area contributed by atoms with Crippen molar-refractivity contribution in [1.29, 1.82) is 0 Å². The first-order valence-corrected chi connectivity index (χ1v) is 5.78. The van der Waals surface area contributed by atoms with Gasteiger partial charge in [-0.25, -0.2) is 0 Å². The molecule has 1 rings (SSSR count). The molecule has 0 saturated heterocycles. The topological polar surface area (TPSA) is 75.4 Å². The summed E-state index contributed by atoms with van der Waals surface area (Å²) in [5.41, 5.74) is 5.53. The molecule has 4 nitrogen and oxygen atoms in total. The second-order valence-electron chi connectivity index (χ2n) is 4.60. The highest BCUT2D eigenvalue weighted by molar-refractivity contribution is 5.81. The molecule has 0 aromatic heterocycles. The van der Waals surface area contributed by atoms with Gasteiger partial charge in [0.15, 0.2) is 0 Å². The number of amides is 1. The molecule has 0 bridgehead atoms. The predicted molar refractivity (Wildman–Crippen MR) is 59.3 cm³/mol. The van der Waals surface area contributed by atoms with Crippen molar-refractivity contribution in [2.24, 2.45) is 11.1 Å². The molecule has 1 atom stereocenters. The lowest BCUT2D eigenvalue weighted by Crippen LogP contribution is -2.45. The lowest BCUT2D eigenvalue weighted by molar-refractivity contribution is -0.123. The molecule has 1 amide bonds. The summed E-state index contributed by atoms with van der Waals surface area (Å²) in [5, 5.41) is 12.2. The van der Waals surface area contributed by atoms with Crippen LogP contribution in [0.3, 0.4) is 0 Å². The average Bonchev–Trinajstić information content (AvgIpc) is 2.74. The first-order valence-electron chi connectivity index (χ1n) is 5.78. The molecular formula is C11H22N2O2. The Balaban J connectivity index is 2.37. The molecule has 4 N–H and O–H groups in total. The van der Waals surface area contributed by atoms with Gasteiger partial charge in [-0.3, -0.25) is 4.79 Å². The number of rotatable bonds is 5. The summed E-state index contributed by atoms with van der Waals surface area (Å²) in [6.45, 7) is 2.62. The molecule has 1 fully saturated rings. The number of aliphatic hydroxyl groups is 1. The standard InChI is InChI=1S/C11H22N2O2/c1-2-9(12)10(15)13-7-11(8-14)5-3-4-6-11/h9,14H,2-8,12H2,1H3,(H,13,15)/t9-/m1/s1.